The van der Waals surface area contributed by atoms with E-state index in [1.165, 1.54) is 6.92 Å². The van der Waals surface area contributed by atoms with Crippen LogP contribution in [-0.2, 0) is 11.3 Å². The molecule has 2 N–H and O–H groups in total. The van der Waals surface area contributed by atoms with Crippen molar-refractivity contribution in [2.75, 3.05) is 13.2 Å². The van der Waals surface area contributed by atoms with E-state index in [2.05, 4.69) is 10.2 Å². The number of aromatic hydroxyl groups is 1. The number of unbranched alkanes of at least 4 members (excludes halogenated alkanes) is 1. The summed E-state index contributed by atoms with van der Waals surface area (Å²) in [6.07, 6.45) is 1.96. The van der Waals surface area contributed by atoms with E-state index in [0.717, 1.165) is 17.4 Å². The second-order valence-electron chi connectivity index (χ2n) is 6.55. The highest BCUT2D eigenvalue weighted by Gasteiger charge is 2.19. The van der Waals surface area contributed by atoms with Gasteiger partial charge in [0.05, 0.1) is 17.9 Å². The number of benzene rings is 1. The fourth-order valence-corrected chi connectivity index (χ4v) is 2.66. The molecule has 0 unspecified atom stereocenters. The quantitative estimate of drug-likeness (QED) is 0.367. The lowest BCUT2D eigenvalue weighted by atomic mass is 10.1. The number of aliphatic hydroxyl groups is 1. The summed E-state index contributed by atoms with van der Waals surface area (Å²) >= 11 is 0. The van der Waals surface area contributed by atoms with Crippen LogP contribution in [0.15, 0.2) is 39.3 Å². The molecule has 0 atom stereocenters. The third-order valence-electron chi connectivity index (χ3n) is 4.41. The summed E-state index contributed by atoms with van der Waals surface area (Å²) in [5.74, 6) is -0.884. The number of nitrogens with zero attached hydrogens (tertiary/aromatic N) is 4. The van der Waals surface area contributed by atoms with Gasteiger partial charge in [-0.1, -0.05) is 13.3 Å². The van der Waals surface area contributed by atoms with Gasteiger partial charge in [0.2, 0.25) is 5.88 Å². The number of esters is 1. The molecular formula is C21H24N4O5. The Morgan fingerprint density at radius 1 is 1.23 bits per heavy atom. The number of aromatic nitrogens is 1. The van der Waals surface area contributed by atoms with Crippen LogP contribution in [0, 0.1) is 18.3 Å². The van der Waals surface area contributed by atoms with Gasteiger partial charge < -0.3 is 14.9 Å². The van der Waals surface area contributed by atoms with Gasteiger partial charge in [-0.15, -0.1) is 5.11 Å². The summed E-state index contributed by atoms with van der Waals surface area (Å²) in [6.45, 7) is 3.73. The van der Waals surface area contributed by atoms with Crippen LogP contribution in [0.5, 0.6) is 5.88 Å². The molecule has 0 bridgehead atoms. The molecule has 0 aliphatic heterocycles. The normalized spacial score (nSPS) is 10.9. The van der Waals surface area contributed by atoms with Crippen LogP contribution < -0.4 is 5.56 Å². The second kappa shape index (κ2) is 10.9. The molecule has 0 aliphatic rings. The maximum Gasteiger partial charge on any atom is 0.338 e. The molecule has 0 aliphatic carbocycles. The second-order valence-corrected chi connectivity index (χ2v) is 6.55. The maximum absolute atomic E-state index is 12.7. The zero-order valence-electron chi connectivity index (χ0n) is 17.0. The highest BCUT2D eigenvalue weighted by molar-refractivity contribution is 5.89. The Labute approximate surface area is 173 Å². The first-order chi connectivity index (χ1) is 14.4. The molecule has 2 rings (SSSR count). The van der Waals surface area contributed by atoms with Gasteiger partial charge in [-0.25, -0.2) is 4.79 Å². The molecule has 1 aromatic carbocycles. The molecule has 1 aromatic heterocycles. The first-order valence-electron chi connectivity index (χ1n) is 9.60. The predicted octanol–water partition coefficient (Wildman–Crippen LogP) is 3.49. The van der Waals surface area contributed by atoms with Crippen LogP contribution in [-0.4, -0.2) is 34.0 Å². The van der Waals surface area contributed by atoms with Gasteiger partial charge in [0.15, 0.2) is 5.69 Å². The highest BCUT2D eigenvalue weighted by Crippen LogP contribution is 2.27. The highest BCUT2D eigenvalue weighted by atomic mass is 16.5. The first-order valence-corrected chi connectivity index (χ1v) is 9.60. The van der Waals surface area contributed by atoms with Gasteiger partial charge in [-0.05, 0) is 44.0 Å². The van der Waals surface area contributed by atoms with Gasteiger partial charge in [-0.3, -0.25) is 9.36 Å². The topological polar surface area (TPSA) is 137 Å². The van der Waals surface area contributed by atoms with Crippen molar-refractivity contribution in [3.05, 3.63) is 51.3 Å². The van der Waals surface area contributed by atoms with Gasteiger partial charge in [-0.2, -0.15) is 10.4 Å². The maximum atomic E-state index is 12.7. The van der Waals surface area contributed by atoms with Gasteiger partial charge in [0.25, 0.3) is 5.56 Å². The van der Waals surface area contributed by atoms with Crippen LogP contribution in [0.3, 0.4) is 0 Å². The van der Waals surface area contributed by atoms with Crippen molar-refractivity contribution in [1.29, 1.82) is 5.26 Å². The minimum atomic E-state index is -0.614. The molecule has 158 valence electrons. The van der Waals surface area contributed by atoms with Crippen molar-refractivity contribution in [3.8, 4) is 11.9 Å². The van der Waals surface area contributed by atoms with Crippen LogP contribution in [0.2, 0.25) is 0 Å². The number of carbonyl (C=O) groups excluding carboxylic acids is 1. The molecule has 1 heterocycles. The number of carbonyl (C=O) groups is 1. The third-order valence-corrected chi connectivity index (χ3v) is 4.41. The number of rotatable bonds is 9. The smallest absolute Gasteiger partial charge is 0.338 e. The van der Waals surface area contributed by atoms with Crippen LogP contribution in [0.4, 0.5) is 11.4 Å². The van der Waals surface area contributed by atoms with Crippen molar-refractivity contribution in [1.82, 2.24) is 4.57 Å². The fourth-order valence-electron chi connectivity index (χ4n) is 2.66. The number of ether oxygens (including phenoxy) is 1. The number of hydrogen-bond acceptors (Lipinski definition) is 8. The van der Waals surface area contributed by atoms with E-state index >= 15 is 0 Å². The molecule has 0 fully saturated rings. The molecule has 9 heteroatoms. The van der Waals surface area contributed by atoms with Crippen molar-refractivity contribution in [3.63, 3.8) is 0 Å². The SMILES string of the molecule is CCCCOC(=O)c1ccc(N=Nc2c(C)c(C#N)c(O)n(CCCO)c2=O)cc1. The molecule has 0 saturated carbocycles. The van der Waals surface area contributed by atoms with Gasteiger partial charge in [0, 0.05) is 18.7 Å². The summed E-state index contributed by atoms with van der Waals surface area (Å²) in [5, 5.41) is 36.5. The summed E-state index contributed by atoms with van der Waals surface area (Å²) in [7, 11) is 0. The largest absolute Gasteiger partial charge is 0.493 e. The van der Waals surface area contributed by atoms with E-state index in [1.54, 1.807) is 24.3 Å². The minimum Gasteiger partial charge on any atom is -0.493 e. The number of nitriles is 1. The number of azo groups is 1. The van der Waals surface area contributed by atoms with Crippen molar-refractivity contribution < 1.29 is 19.7 Å². The first kappa shape index (κ1) is 22.8. The Hall–Kier alpha value is -3.51. The monoisotopic (exact) mass is 412 g/mol. The number of aliphatic hydroxyl groups excluding tert-OH is 1. The lowest BCUT2D eigenvalue weighted by Gasteiger charge is -2.12. The summed E-state index contributed by atoms with van der Waals surface area (Å²) in [4.78, 5) is 24.6. The Morgan fingerprint density at radius 3 is 2.53 bits per heavy atom. The molecule has 0 saturated heterocycles. The molecule has 2 aromatic rings. The zero-order chi connectivity index (χ0) is 22.1. The van der Waals surface area contributed by atoms with E-state index < -0.39 is 17.4 Å². The van der Waals surface area contributed by atoms with Crippen molar-refractivity contribution in [2.24, 2.45) is 10.2 Å². The van der Waals surface area contributed by atoms with Gasteiger partial charge >= 0.3 is 5.97 Å². The van der Waals surface area contributed by atoms with Crippen LogP contribution >= 0.6 is 0 Å². The summed E-state index contributed by atoms with van der Waals surface area (Å²) < 4.78 is 6.13. The van der Waals surface area contributed by atoms with E-state index in [0.29, 0.717) is 17.9 Å². The molecular weight excluding hydrogens is 388 g/mol. The Morgan fingerprint density at radius 2 is 1.93 bits per heavy atom. The Bertz CT molecular complexity index is 1020. The number of pyridine rings is 1. The molecule has 9 nitrogen and oxygen atoms in total. The van der Waals surface area contributed by atoms with E-state index in [1.807, 2.05) is 13.0 Å². The lowest BCUT2D eigenvalue weighted by Crippen LogP contribution is -2.22. The lowest BCUT2D eigenvalue weighted by molar-refractivity contribution is 0.0499. The molecule has 0 radical (unpaired) electrons. The van der Waals surface area contributed by atoms with Crippen molar-refractivity contribution >= 4 is 17.3 Å². The predicted molar refractivity (Wildman–Crippen MR) is 109 cm³/mol. The average molecular weight is 412 g/mol. The fraction of sp³-hybridized carbons (Fsp3) is 0.381. The number of hydrogen-bond donors (Lipinski definition) is 2. The van der Waals surface area contributed by atoms with Crippen LogP contribution in [0.25, 0.3) is 0 Å². The van der Waals surface area contributed by atoms with Gasteiger partial charge in [0.1, 0.15) is 11.6 Å². The van der Waals surface area contributed by atoms with Crippen molar-refractivity contribution in [2.45, 2.75) is 39.7 Å². The molecule has 0 spiro atoms. The Balaban J connectivity index is 2.30. The van der Waals surface area contributed by atoms with Crippen LogP contribution in [0.1, 0.15) is 47.7 Å². The third kappa shape index (κ3) is 5.30. The van der Waals surface area contributed by atoms with E-state index in [4.69, 9.17) is 9.84 Å². The zero-order valence-corrected chi connectivity index (χ0v) is 17.0. The Kier molecular flexibility index (Phi) is 8.26. The molecule has 0 amide bonds. The minimum absolute atomic E-state index is 0.0352. The van der Waals surface area contributed by atoms with E-state index in [-0.39, 0.29) is 36.4 Å². The van der Waals surface area contributed by atoms with E-state index in [9.17, 15) is 20.0 Å². The standard InChI is InChI=1S/C21H24N4O5/c1-3-4-12-30-21(29)15-6-8-16(9-7-15)23-24-18-14(2)17(13-22)19(27)25(20(18)28)10-5-11-26/h6-9,26-27H,3-5,10-12H2,1-2H3. The average Bonchev–Trinajstić information content (AvgIpc) is 2.74. The molecule has 30 heavy (non-hydrogen) atoms. The summed E-state index contributed by atoms with van der Waals surface area (Å²) in [5.41, 5.74) is 0.214. The summed E-state index contributed by atoms with van der Waals surface area (Å²) in [6, 6.07) is 8.08.